The normalized spacial score (nSPS) is 10.2. The van der Waals surface area contributed by atoms with Gasteiger partial charge in [-0.2, -0.15) is 0 Å². The molecule has 0 bridgehead atoms. The van der Waals surface area contributed by atoms with E-state index in [2.05, 4.69) is 10.3 Å². The number of benzene rings is 1. The fourth-order valence-electron chi connectivity index (χ4n) is 1.42. The first kappa shape index (κ1) is 13.8. The molecule has 0 saturated carbocycles. The molecule has 2 aromatic rings. The number of anilines is 1. The third-order valence-corrected chi connectivity index (χ3v) is 3.32. The minimum Gasteiger partial charge on any atom is -0.444 e. The number of thiazole rings is 1. The van der Waals surface area contributed by atoms with Crippen LogP contribution in [-0.2, 0) is 17.8 Å². The van der Waals surface area contributed by atoms with Crippen LogP contribution in [0.15, 0.2) is 35.7 Å². The van der Waals surface area contributed by atoms with Gasteiger partial charge in [-0.1, -0.05) is 30.3 Å². The van der Waals surface area contributed by atoms with Crippen molar-refractivity contribution in [2.24, 2.45) is 0 Å². The Morgan fingerprint density at radius 2 is 2.16 bits per heavy atom. The number of carbonyl (C=O) groups is 1. The van der Waals surface area contributed by atoms with E-state index >= 15 is 0 Å². The molecule has 0 fully saturated rings. The molecule has 0 unspecified atom stereocenters. The Bertz CT molecular complexity index is 530. The third-order valence-electron chi connectivity index (χ3n) is 2.32. The summed E-state index contributed by atoms with van der Waals surface area (Å²) in [5.41, 5.74) is 1.82. The maximum atomic E-state index is 11.6. The first-order valence-electron chi connectivity index (χ1n) is 5.76. The van der Waals surface area contributed by atoms with Crippen LogP contribution in [0.1, 0.15) is 11.3 Å². The number of nitrogens with zero attached hydrogens (tertiary/aromatic N) is 1. The SMILES string of the molecule is O=C(Nc1nc(CCCl)cs1)OCc1ccccc1. The van der Waals surface area contributed by atoms with Gasteiger partial charge in [0.15, 0.2) is 5.13 Å². The van der Waals surface area contributed by atoms with Gasteiger partial charge in [0.25, 0.3) is 0 Å². The van der Waals surface area contributed by atoms with E-state index in [4.69, 9.17) is 16.3 Å². The van der Waals surface area contributed by atoms with Crippen molar-refractivity contribution in [1.29, 1.82) is 0 Å². The number of hydrogen-bond acceptors (Lipinski definition) is 4. The van der Waals surface area contributed by atoms with Gasteiger partial charge in [-0.25, -0.2) is 9.78 Å². The van der Waals surface area contributed by atoms with Crippen LogP contribution in [0.2, 0.25) is 0 Å². The van der Waals surface area contributed by atoms with Crippen LogP contribution in [0, 0.1) is 0 Å². The van der Waals surface area contributed by atoms with Crippen LogP contribution < -0.4 is 5.32 Å². The number of aromatic nitrogens is 1. The van der Waals surface area contributed by atoms with Gasteiger partial charge in [0.1, 0.15) is 6.61 Å². The van der Waals surface area contributed by atoms with Gasteiger partial charge in [-0.15, -0.1) is 22.9 Å². The van der Waals surface area contributed by atoms with E-state index in [1.54, 1.807) is 0 Å². The number of alkyl halides is 1. The van der Waals surface area contributed by atoms with Crippen molar-refractivity contribution >= 4 is 34.2 Å². The molecule has 6 heteroatoms. The molecule has 0 aliphatic carbocycles. The number of amides is 1. The van der Waals surface area contributed by atoms with E-state index < -0.39 is 6.09 Å². The van der Waals surface area contributed by atoms with Gasteiger partial charge in [-0.05, 0) is 5.56 Å². The van der Waals surface area contributed by atoms with Gasteiger partial charge in [-0.3, -0.25) is 5.32 Å². The highest BCUT2D eigenvalue weighted by molar-refractivity contribution is 7.13. The number of nitrogens with one attached hydrogen (secondary N) is 1. The van der Waals surface area contributed by atoms with Crippen molar-refractivity contribution < 1.29 is 9.53 Å². The molecule has 0 saturated heterocycles. The monoisotopic (exact) mass is 296 g/mol. The molecule has 0 radical (unpaired) electrons. The molecule has 1 heterocycles. The molecule has 1 aromatic carbocycles. The summed E-state index contributed by atoms with van der Waals surface area (Å²) in [6.07, 6.45) is 0.189. The topological polar surface area (TPSA) is 51.2 Å². The lowest BCUT2D eigenvalue weighted by Gasteiger charge is -2.04. The van der Waals surface area contributed by atoms with Crippen LogP contribution in [-0.4, -0.2) is 17.0 Å². The van der Waals surface area contributed by atoms with Crippen LogP contribution in [0.5, 0.6) is 0 Å². The molecule has 2 rings (SSSR count). The summed E-state index contributed by atoms with van der Waals surface area (Å²) in [4.78, 5) is 15.8. The Hall–Kier alpha value is -1.59. The summed E-state index contributed by atoms with van der Waals surface area (Å²) >= 11 is 6.98. The van der Waals surface area contributed by atoms with Gasteiger partial charge < -0.3 is 4.74 Å². The molecular formula is C13H13ClN2O2S. The summed E-state index contributed by atoms with van der Waals surface area (Å²) < 4.78 is 5.09. The van der Waals surface area contributed by atoms with E-state index in [0.29, 0.717) is 17.4 Å². The molecule has 0 spiro atoms. The van der Waals surface area contributed by atoms with Gasteiger partial charge >= 0.3 is 6.09 Å². The van der Waals surface area contributed by atoms with Crippen LogP contribution in [0.25, 0.3) is 0 Å². The van der Waals surface area contributed by atoms with Crippen molar-refractivity contribution in [3.05, 3.63) is 47.0 Å². The summed E-state index contributed by atoms with van der Waals surface area (Å²) in [6, 6.07) is 9.51. The Labute approximate surface area is 120 Å². The number of halogens is 1. The molecule has 1 N–H and O–H groups in total. The number of rotatable bonds is 5. The quantitative estimate of drug-likeness (QED) is 0.856. The molecule has 19 heavy (non-hydrogen) atoms. The van der Waals surface area contributed by atoms with Crippen LogP contribution in [0.3, 0.4) is 0 Å². The molecule has 0 aliphatic rings. The molecular weight excluding hydrogens is 284 g/mol. The second-order valence-corrected chi connectivity index (χ2v) is 5.01. The standard InChI is InChI=1S/C13H13ClN2O2S/c14-7-6-11-9-19-12(15-11)16-13(17)18-8-10-4-2-1-3-5-10/h1-5,9H,6-8H2,(H,15,16,17). The largest absolute Gasteiger partial charge is 0.444 e. The third kappa shape index (κ3) is 4.54. The first-order chi connectivity index (χ1) is 9.28. The van der Waals surface area contributed by atoms with Gasteiger partial charge in [0.05, 0.1) is 5.69 Å². The minimum atomic E-state index is -0.504. The number of ether oxygens (including phenoxy) is 1. The Kier molecular flexibility index (Phi) is 5.18. The predicted molar refractivity (Wildman–Crippen MR) is 76.8 cm³/mol. The number of aryl methyl sites for hydroxylation is 1. The second kappa shape index (κ2) is 7.11. The fourth-order valence-corrected chi connectivity index (χ4v) is 2.35. The Balaban J connectivity index is 1.80. The smallest absolute Gasteiger partial charge is 0.413 e. The highest BCUT2D eigenvalue weighted by atomic mass is 35.5. The van der Waals surface area contributed by atoms with Gasteiger partial charge in [0.2, 0.25) is 0 Å². The van der Waals surface area contributed by atoms with Crippen molar-refractivity contribution in [2.45, 2.75) is 13.0 Å². The number of hydrogen-bond donors (Lipinski definition) is 1. The highest BCUT2D eigenvalue weighted by Crippen LogP contribution is 2.16. The van der Waals surface area contributed by atoms with Crippen LogP contribution >= 0.6 is 22.9 Å². The minimum absolute atomic E-state index is 0.243. The molecule has 1 aromatic heterocycles. The lowest BCUT2D eigenvalue weighted by Crippen LogP contribution is -2.13. The maximum absolute atomic E-state index is 11.6. The molecule has 4 nitrogen and oxygen atoms in total. The summed E-state index contributed by atoms with van der Waals surface area (Å²) in [5, 5.41) is 4.99. The van der Waals surface area contributed by atoms with Crippen molar-refractivity contribution in [3.8, 4) is 0 Å². The van der Waals surface area contributed by atoms with Gasteiger partial charge in [0, 0.05) is 17.7 Å². The average Bonchev–Trinajstić information content (AvgIpc) is 2.85. The first-order valence-corrected chi connectivity index (χ1v) is 7.17. The number of carbonyl (C=O) groups excluding carboxylic acids is 1. The molecule has 0 aliphatic heterocycles. The lowest BCUT2D eigenvalue weighted by atomic mass is 10.2. The van der Waals surface area contributed by atoms with E-state index in [1.165, 1.54) is 11.3 Å². The lowest BCUT2D eigenvalue weighted by molar-refractivity contribution is 0.155. The zero-order valence-corrected chi connectivity index (χ0v) is 11.7. The van der Waals surface area contributed by atoms with Crippen molar-refractivity contribution in [3.63, 3.8) is 0 Å². The molecule has 1 amide bonds. The van der Waals surface area contributed by atoms with E-state index in [1.807, 2.05) is 35.7 Å². The zero-order chi connectivity index (χ0) is 13.5. The van der Waals surface area contributed by atoms with Crippen LogP contribution in [0.4, 0.5) is 9.93 Å². The fraction of sp³-hybridized carbons (Fsp3) is 0.231. The summed E-state index contributed by atoms with van der Waals surface area (Å²) in [6.45, 7) is 0.243. The zero-order valence-electron chi connectivity index (χ0n) is 10.1. The summed E-state index contributed by atoms with van der Waals surface area (Å²) in [7, 11) is 0. The second-order valence-electron chi connectivity index (χ2n) is 3.77. The average molecular weight is 297 g/mol. The molecule has 100 valence electrons. The van der Waals surface area contributed by atoms with Crippen molar-refractivity contribution in [2.75, 3.05) is 11.2 Å². The molecule has 0 atom stereocenters. The highest BCUT2D eigenvalue weighted by Gasteiger charge is 2.07. The Morgan fingerprint density at radius 1 is 1.37 bits per heavy atom. The maximum Gasteiger partial charge on any atom is 0.413 e. The summed E-state index contributed by atoms with van der Waals surface area (Å²) in [5.74, 6) is 0.516. The van der Waals surface area contributed by atoms with E-state index in [0.717, 1.165) is 11.3 Å². The van der Waals surface area contributed by atoms with E-state index in [-0.39, 0.29) is 6.61 Å². The van der Waals surface area contributed by atoms with E-state index in [9.17, 15) is 4.79 Å². The predicted octanol–water partition coefficient (Wildman–Crippen LogP) is 3.67. The Morgan fingerprint density at radius 3 is 2.89 bits per heavy atom. The van der Waals surface area contributed by atoms with Crippen molar-refractivity contribution in [1.82, 2.24) is 4.98 Å².